The fourth-order valence-electron chi connectivity index (χ4n) is 7.65. The van der Waals surface area contributed by atoms with Crippen molar-refractivity contribution < 1.29 is 4.42 Å². The van der Waals surface area contributed by atoms with Gasteiger partial charge in [0.15, 0.2) is 0 Å². The van der Waals surface area contributed by atoms with Crippen molar-refractivity contribution in [1.82, 2.24) is 0 Å². The minimum Gasteiger partial charge on any atom is -0.455 e. The van der Waals surface area contributed by atoms with Crippen LogP contribution in [0.4, 0.5) is 0 Å². The van der Waals surface area contributed by atoms with E-state index in [1.54, 1.807) is 0 Å². The molecule has 0 aliphatic heterocycles. The summed E-state index contributed by atoms with van der Waals surface area (Å²) in [5, 5.41) is 8.67. The molecule has 0 saturated carbocycles. The summed E-state index contributed by atoms with van der Waals surface area (Å²) in [5.41, 5.74) is 9.11. The zero-order valence-electron chi connectivity index (χ0n) is 26.0. The summed E-state index contributed by atoms with van der Waals surface area (Å²) in [6.45, 7) is 0. The van der Waals surface area contributed by atoms with Gasteiger partial charge in [-0.3, -0.25) is 0 Å². The molecule has 0 fully saturated rings. The van der Waals surface area contributed by atoms with Gasteiger partial charge in [-0.25, -0.2) is 0 Å². The molecule has 2 heteroatoms. The van der Waals surface area contributed by atoms with Gasteiger partial charge in [0.25, 0.3) is 0 Å². The number of hydrogen-bond donors (Lipinski definition) is 0. The van der Waals surface area contributed by atoms with Crippen LogP contribution in [0.1, 0.15) is 0 Å². The second kappa shape index (κ2) is 10.8. The normalized spacial score (nSPS) is 11.8. The highest BCUT2D eigenvalue weighted by Crippen LogP contribution is 2.50. The van der Waals surface area contributed by atoms with Crippen molar-refractivity contribution in [3.05, 3.63) is 170 Å². The minimum absolute atomic E-state index is 0.894. The van der Waals surface area contributed by atoms with Crippen LogP contribution in [-0.2, 0) is 0 Å². The van der Waals surface area contributed by atoms with Crippen molar-refractivity contribution in [2.75, 3.05) is 0 Å². The summed E-state index contributed by atoms with van der Waals surface area (Å²) in [5.74, 6) is 0.894. The lowest BCUT2D eigenvalue weighted by Crippen LogP contribution is -1.91. The predicted molar refractivity (Wildman–Crippen MR) is 206 cm³/mol. The molecule has 0 bridgehead atoms. The highest BCUT2D eigenvalue weighted by atomic mass is 32.1. The Balaban J connectivity index is 1.32. The first kappa shape index (κ1) is 27.2. The standard InChI is InChI=1S/C46H28OS/c1-3-15-29(16-4-1)41-37-25-14-26-38(45(37)47-44(41)30-17-5-2-6-18-30)42-32-20-7-9-22-34(32)43(35-23-10-8-21-33(35)42)39-27-13-24-36-31-19-11-12-28-40(31)48-46(36)39/h1-28H. The topological polar surface area (TPSA) is 13.1 Å². The van der Waals surface area contributed by atoms with Crippen molar-refractivity contribution in [2.45, 2.75) is 0 Å². The third kappa shape index (κ3) is 4.03. The van der Waals surface area contributed by atoms with Crippen LogP contribution in [-0.4, -0.2) is 0 Å². The lowest BCUT2D eigenvalue weighted by molar-refractivity contribution is 0.633. The zero-order valence-corrected chi connectivity index (χ0v) is 26.8. The van der Waals surface area contributed by atoms with Gasteiger partial charge in [0.1, 0.15) is 11.3 Å². The Kier molecular flexibility index (Phi) is 6.12. The molecule has 0 unspecified atom stereocenters. The number of furan rings is 1. The van der Waals surface area contributed by atoms with Crippen LogP contribution in [0.15, 0.2) is 174 Å². The molecule has 0 spiro atoms. The van der Waals surface area contributed by atoms with E-state index in [4.69, 9.17) is 4.42 Å². The first-order valence-corrected chi connectivity index (χ1v) is 17.2. The second-order valence-electron chi connectivity index (χ2n) is 12.3. The largest absolute Gasteiger partial charge is 0.455 e. The summed E-state index contributed by atoms with van der Waals surface area (Å²) >= 11 is 1.89. The SMILES string of the molecule is c1ccc(-c2oc3c(-c4c5ccccc5c(-c5cccc6c5sc5ccccc56)c5ccccc45)cccc3c2-c2ccccc2)cc1. The fraction of sp³-hybridized carbons (Fsp3) is 0. The maximum absolute atomic E-state index is 7.03. The number of hydrogen-bond acceptors (Lipinski definition) is 2. The van der Waals surface area contributed by atoms with Gasteiger partial charge in [0.05, 0.1) is 0 Å². The van der Waals surface area contributed by atoms with E-state index in [2.05, 4.69) is 170 Å². The molecule has 0 N–H and O–H groups in total. The van der Waals surface area contributed by atoms with Gasteiger partial charge >= 0.3 is 0 Å². The minimum atomic E-state index is 0.894. The van der Waals surface area contributed by atoms with E-state index < -0.39 is 0 Å². The highest BCUT2D eigenvalue weighted by Gasteiger charge is 2.24. The molecular weight excluding hydrogens is 601 g/mol. The Morgan fingerprint density at radius 2 is 0.812 bits per heavy atom. The van der Waals surface area contributed by atoms with E-state index in [-0.39, 0.29) is 0 Å². The lowest BCUT2D eigenvalue weighted by Gasteiger charge is -2.18. The molecule has 0 amide bonds. The van der Waals surface area contributed by atoms with E-state index in [1.165, 1.54) is 58.4 Å². The number of para-hydroxylation sites is 1. The third-order valence-electron chi connectivity index (χ3n) is 9.69. The van der Waals surface area contributed by atoms with Gasteiger partial charge in [0, 0.05) is 53.4 Å². The van der Waals surface area contributed by atoms with Gasteiger partial charge in [0.2, 0.25) is 0 Å². The quantitative estimate of drug-likeness (QED) is 0.177. The van der Waals surface area contributed by atoms with Crippen LogP contribution in [0.5, 0.6) is 0 Å². The van der Waals surface area contributed by atoms with Crippen molar-refractivity contribution >= 4 is 64.0 Å². The highest BCUT2D eigenvalue weighted by molar-refractivity contribution is 7.26. The van der Waals surface area contributed by atoms with Crippen molar-refractivity contribution in [2.24, 2.45) is 0 Å². The summed E-state index contributed by atoms with van der Waals surface area (Å²) in [7, 11) is 0. The Labute approximate surface area is 282 Å². The van der Waals surface area contributed by atoms with E-state index in [0.29, 0.717) is 0 Å². The Morgan fingerprint density at radius 3 is 1.46 bits per heavy atom. The molecule has 1 nitrogen and oxygen atoms in total. The monoisotopic (exact) mass is 628 g/mol. The molecule has 0 aliphatic rings. The second-order valence-corrected chi connectivity index (χ2v) is 13.4. The summed E-state index contributed by atoms with van der Waals surface area (Å²) in [6, 6.07) is 61.1. The van der Waals surface area contributed by atoms with E-state index in [1.807, 2.05) is 11.3 Å². The fourth-order valence-corrected chi connectivity index (χ4v) is 8.88. The molecule has 8 aromatic carbocycles. The summed E-state index contributed by atoms with van der Waals surface area (Å²) < 4.78 is 9.68. The van der Waals surface area contributed by atoms with Crippen LogP contribution in [0.2, 0.25) is 0 Å². The third-order valence-corrected chi connectivity index (χ3v) is 10.9. The Hall–Kier alpha value is -5.96. The van der Waals surface area contributed by atoms with Gasteiger partial charge in [-0.1, -0.05) is 164 Å². The number of rotatable bonds is 4. The molecule has 10 aromatic rings. The number of fused-ring (bicyclic) bond motifs is 6. The number of thiophene rings is 1. The average Bonchev–Trinajstić information content (AvgIpc) is 3.74. The molecule has 2 heterocycles. The summed E-state index contributed by atoms with van der Waals surface area (Å²) in [4.78, 5) is 0. The van der Waals surface area contributed by atoms with E-state index in [9.17, 15) is 0 Å². The first-order chi connectivity index (χ1) is 23.8. The van der Waals surface area contributed by atoms with Gasteiger partial charge in [-0.15, -0.1) is 11.3 Å². The average molecular weight is 629 g/mol. The Morgan fingerprint density at radius 1 is 0.333 bits per heavy atom. The zero-order chi connectivity index (χ0) is 31.6. The predicted octanol–water partition coefficient (Wildman–Crippen LogP) is 13.8. The van der Waals surface area contributed by atoms with E-state index >= 15 is 0 Å². The Bertz CT molecular complexity index is 2760. The summed E-state index contributed by atoms with van der Waals surface area (Å²) in [6.07, 6.45) is 0. The van der Waals surface area contributed by atoms with Gasteiger partial charge in [-0.05, 0) is 38.7 Å². The molecule has 10 rings (SSSR count). The molecule has 224 valence electrons. The van der Waals surface area contributed by atoms with Crippen LogP contribution in [0.25, 0.3) is 97.4 Å². The van der Waals surface area contributed by atoms with Crippen molar-refractivity contribution in [3.8, 4) is 44.7 Å². The van der Waals surface area contributed by atoms with Crippen LogP contribution < -0.4 is 0 Å². The van der Waals surface area contributed by atoms with Crippen LogP contribution in [0.3, 0.4) is 0 Å². The molecule has 0 saturated heterocycles. The maximum atomic E-state index is 7.03. The molecular formula is C46H28OS. The molecule has 0 aliphatic carbocycles. The molecule has 0 radical (unpaired) electrons. The van der Waals surface area contributed by atoms with E-state index in [0.717, 1.165) is 39.0 Å². The maximum Gasteiger partial charge on any atom is 0.143 e. The van der Waals surface area contributed by atoms with Crippen LogP contribution in [0, 0.1) is 0 Å². The number of benzene rings is 8. The molecule has 48 heavy (non-hydrogen) atoms. The van der Waals surface area contributed by atoms with Crippen molar-refractivity contribution in [1.29, 1.82) is 0 Å². The molecule has 0 atom stereocenters. The van der Waals surface area contributed by atoms with Crippen molar-refractivity contribution in [3.63, 3.8) is 0 Å². The first-order valence-electron chi connectivity index (χ1n) is 16.4. The molecule has 2 aromatic heterocycles. The van der Waals surface area contributed by atoms with Gasteiger partial charge in [-0.2, -0.15) is 0 Å². The smallest absolute Gasteiger partial charge is 0.143 e. The lowest BCUT2D eigenvalue weighted by atomic mass is 9.85. The van der Waals surface area contributed by atoms with Gasteiger partial charge < -0.3 is 4.42 Å². The van der Waals surface area contributed by atoms with Crippen LogP contribution >= 0.6 is 11.3 Å².